The molecule has 1 aromatic carbocycles. The van der Waals surface area contributed by atoms with Crippen LogP contribution in [0.2, 0.25) is 0 Å². The predicted octanol–water partition coefficient (Wildman–Crippen LogP) is 2.19. The summed E-state index contributed by atoms with van der Waals surface area (Å²) < 4.78 is 33.0. The Morgan fingerprint density at radius 3 is 2.58 bits per heavy atom. The van der Waals surface area contributed by atoms with E-state index < -0.39 is 15.9 Å². The van der Waals surface area contributed by atoms with E-state index in [2.05, 4.69) is 0 Å². The molecule has 0 aliphatic carbocycles. The van der Waals surface area contributed by atoms with Crippen LogP contribution in [0.3, 0.4) is 0 Å². The Kier molecular flexibility index (Phi) is 4.94. The third kappa shape index (κ3) is 3.47. The molecule has 0 spiro atoms. The van der Waals surface area contributed by atoms with E-state index >= 15 is 0 Å². The van der Waals surface area contributed by atoms with Crippen LogP contribution in [0.5, 0.6) is 0 Å². The minimum atomic E-state index is -4.26. The van der Waals surface area contributed by atoms with E-state index in [0.29, 0.717) is 15.8 Å². The van der Waals surface area contributed by atoms with Gasteiger partial charge in [0.2, 0.25) is 0 Å². The summed E-state index contributed by atoms with van der Waals surface area (Å²) in [7, 11) is -2.63. The standard InChI is InChI=1S/C14H14N2O4S4/c1-15-12(17)11(23-14(15)21)13-16(7-4-8-24(18,19)20)9-5-2-3-6-10(9)22-13/h2-3,5-6H,4,7-8H2,1H3,(H,18,19,20)/p-1/b13-11-. The molecule has 0 bridgehead atoms. The van der Waals surface area contributed by atoms with E-state index in [1.807, 2.05) is 29.2 Å². The van der Waals surface area contributed by atoms with Gasteiger partial charge in [0.25, 0.3) is 5.91 Å². The lowest BCUT2D eigenvalue weighted by molar-refractivity contribution is -0.121. The number of rotatable bonds is 4. The fourth-order valence-corrected chi connectivity index (χ4v) is 5.39. The van der Waals surface area contributed by atoms with E-state index in [9.17, 15) is 17.8 Å². The van der Waals surface area contributed by atoms with Gasteiger partial charge in [-0.15, -0.1) is 0 Å². The topological polar surface area (TPSA) is 80.8 Å². The van der Waals surface area contributed by atoms with Crippen LogP contribution in [-0.4, -0.2) is 47.4 Å². The summed E-state index contributed by atoms with van der Waals surface area (Å²) in [5.41, 5.74) is 0.905. The van der Waals surface area contributed by atoms with Gasteiger partial charge in [-0.1, -0.05) is 47.9 Å². The fourth-order valence-electron chi connectivity index (χ4n) is 2.40. The van der Waals surface area contributed by atoms with Gasteiger partial charge < -0.3 is 9.45 Å². The average Bonchev–Trinajstić information content (AvgIpc) is 2.99. The number of fused-ring (bicyclic) bond motifs is 1. The molecule has 24 heavy (non-hydrogen) atoms. The van der Waals surface area contributed by atoms with Crippen molar-refractivity contribution in [2.45, 2.75) is 11.3 Å². The smallest absolute Gasteiger partial charge is 0.268 e. The second-order valence-electron chi connectivity index (χ2n) is 5.20. The molecule has 0 atom stereocenters. The van der Waals surface area contributed by atoms with Crippen LogP contribution < -0.4 is 4.90 Å². The van der Waals surface area contributed by atoms with Crippen molar-refractivity contribution in [3.05, 3.63) is 34.2 Å². The largest absolute Gasteiger partial charge is 0.748 e. The highest BCUT2D eigenvalue weighted by atomic mass is 32.2. The fraction of sp³-hybridized carbons (Fsp3) is 0.286. The maximum absolute atomic E-state index is 12.4. The van der Waals surface area contributed by atoms with Crippen LogP contribution in [0.4, 0.5) is 5.69 Å². The van der Waals surface area contributed by atoms with E-state index in [0.717, 1.165) is 15.6 Å². The van der Waals surface area contributed by atoms with Crippen LogP contribution in [0.15, 0.2) is 39.1 Å². The van der Waals surface area contributed by atoms with Crippen molar-refractivity contribution in [1.29, 1.82) is 0 Å². The van der Waals surface area contributed by atoms with Crippen molar-refractivity contribution in [3.63, 3.8) is 0 Å². The molecular weight excluding hydrogens is 388 g/mol. The Balaban J connectivity index is 1.94. The minimum absolute atomic E-state index is 0.165. The molecule has 0 radical (unpaired) electrons. The Bertz CT molecular complexity index is 850. The molecule has 6 nitrogen and oxygen atoms in total. The van der Waals surface area contributed by atoms with E-state index in [1.165, 1.54) is 28.4 Å². The van der Waals surface area contributed by atoms with Crippen LogP contribution in [0.25, 0.3) is 0 Å². The molecular formula is C14H13N2O4S4-. The first kappa shape index (κ1) is 17.7. The molecule has 1 fully saturated rings. The maximum atomic E-state index is 12.4. The zero-order valence-corrected chi connectivity index (χ0v) is 15.9. The Hall–Kier alpha value is -1.07. The van der Waals surface area contributed by atoms with Crippen LogP contribution in [0, 0.1) is 0 Å². The number of anilines is 1. The molecule has 1 saturated heterocycles. The lowest BCUT2D eigenvalue weighted by atomic mass is 10.3. The summed E-state index contributed by atoms with van der Waals surface area (Å²) >= 11 is 7.87. The lowest BCUT2D eigenvalue weighted by Gasteiger charge is -2.21. The van der Waals surface area contributed by atoms with Gasteiger partial charge in [0, 0.05) is 24.2 Å². The Labute approximate surface area is 154 Å². The van der Waals surface area contributed by atoms with Crippen LogP contribution in [-0.2, 0) is 14.9 Å². The van der Waals surface area contributed by atoms with Crippen molar-refractivity contribution >= 4 is 61.8 Å². The van der Waals surface area contributed by atoms with Gasteiger partial charge in [-0.25, -0.2) is 8.42 Å². The number of benzene rings is 1. The highest BCUT2D eigenvalue weighted by Crippen LogP contribution is 2.50. The molecule has 2 aliphatic rings. The highest BCUT2D eigenvalue weighted by Gasteiger charge is 2.37. The van der Waals surface area contributed by atoms with E-state index in [-0.39, 0.29) is 12.3 Å². The first-order chi connectivity index (χ1) is 11.3. The molecule has 3 rings (SSSR count). The second kappa shape index (κ2) is 6.68. The number of carbonyl (C=O) groups excluding carboxylic acids is 1. The first-order valence-corrected chi connectivity index (χ1v) is 10.6. The number of hydrogen-bond donors (Lipinski definition) is 0. The monoisotopic (exact) mass is 401 g/mol. The van der Waals surface area contributed by atoms with E-state index in [1.54, 1.807) is 7.05 Å². The summed E-state index contributed by atoms with van der Waals surface area (Å²) in [6, 6.07) is 7.63. The number of carbonyl (C=O) groups is 1. The summed E-state index contributed by atoms with van der Waals surface area (Å²) in [5.74, 6) is -0.597. The second-order valence-corrected chi connectivity index (χ2v) is 9.40. The van der Waals surface area contributed by atoms with Crippen LogP contribution in [0.1, 0.15) is 6.42 Å². The minimum Gasteiger partial charge on any atom is -0.748 e. The number of amides is 1. The molecule has 1 aromatic rings. The maximum Gasteiger partial charge on any atom is 0.268 e. The Morgan fingerprint density at radius 2 is 1.96 bits per heavy atom. The first-order valence-electron chi connectivity index (χ1n) is 7.00. The molecule has 2 heterocycles. The molecule has 10 heteroatoms. The summed E-state index contributed by atoms with van der Waals surface area (Å²) in [4.78, 5) is 17.2. The molecule has 2 aliphatic heterocycles. The lowest BCUT2D eigenvalue weighted by Crippen LogP contribution is -2.26. The molecule has 128 valence electrons. The highest BCUT2D eigenvalue weighted by molar-refractivity contribution is 8.27. The van der Waals surface area contributed by atoms with Gasteiger partial charge in [0.1, 0.15) is 14.3 Å². The van der Waals surface area contributed by atoms with Crippen LogP contribution >= 0.6 is 35.7 Å². The van der Waals surface area contributed by atoms with Crippen molar-refractivity contribution in [1.82, 2.24) is 4.90 Å². The zero-order chi connectivity index (χ0) is 17.5. The summed E-state index contributed by atoms with van der Waals surface area (Å²) in [6.07, 6.45) is 0.191. The van der Waals surface area contributed by atoms with Crippen molar-refractivity contribution < 1.29 is 17.8 Å². The molecule has 1 amide bonds. The zero-order valence-electron chi connectivity index (χ0n) is 12.6. The number of hydrogen-bond acceptors (Lipinski definition) is 8. The van der Waals surface area contributed by atoms with Gasteiger partial charge in [-0.2, -0.15) is 0 Å². The molecule has 0 saturated carbocycles. The number of likely N-dealkylation sites (N-methyl/N-ethyl adjacent to an activating group) is 1. The number of thioether (sulfide) groups is 2. The quantitative estimate of drug-likeness (QED) is 0.431. The van der Waals surface area contributed by atoms with Gasteiger partial charge in [0.15, 0.2) is 0 Å². The van der Waals surface area contributed by atoms with Gasteiger partial charge in [0.05, 0.1) is 15.8 Å². The van der Waals surface area contributed by atoms with Gasteiger partial charge in [-0.05, 0) is 18.6 Å². The number of para-hydroxylation sites is 1. The number of nitrogens with zero attached hydrogens (tertiary/aromatic N) is 2. The number of thiocarbonyl (C=S) groups is 1. The third-order valence-electron chi connectivity index (χ3n) is 3.54. The van der Waals surface area contributed by atoms with Crippen molar-refractivity contribution in [2.24, 2.45) is 0 Å². The van der Waals surface area contributed by atoms with E-state index in [4.69, 9.17) is 12.2 Å². The van der Waals surface area contributed by atoms with Crippen molar-refractivity contribution in [2.75, 3.05) is 24.2 Å². The van der Waals surface area contributed by atoms with Gasteiger partial charge in [-0.3, -0.25) is 9.69 Å². The normalized spacial score (nSPS) is 20.9. The average molecular weight is 402 g/mol. The summed E-state index contributed by atoms with van der Waals surface area (Å²) in [6.45, 7) is 0.342. The van der Waals surface area contributed by atoms with Gasteiger partial charge >= 0.3 is 0 Å². The predicted molar refractivity (Wildman–Crippen MR) is 98.8 cm³/mol. The molecule has 0 unspecified atom stereocenters. The SMILES string of the molecule is CN1C(=O)/C(=C2/Sc3ccccc3N2CCCS(=O)(=O)[O-])SC1=S. The molecule has 0 N–H and O–H groups in total. The summed E-state index contributed by atoms with van der Waals surface area (Å²) in [5, 5.41) is 0.737. The third-order valence-corrected chi connectivity index (χ3v) is 7.19. The molecule has 0 aromatic heterocycles. The Morgan fingerprint density at radius 1 is 1.25 bits per heavy atom. The van der Waals surface area contributed by atoms with Crippen molar-refractivity contribution in [3.8, 4) is 0 Å².